The van der Waals surface area contributed by atoms with Crippen LogP contribution in [0.3, 0.4) is 0 Å². The average molecular weight is 409 g/mol. The first-order chi connectivity index (χ1) is 10.6. The van der Waals surface area contributed by atoms with Gasteiger partial charge in [0.05, 0.1) is 7.11 Å². The van der Waals surface area contributed by atoms with Gasteiger partial charge in [0.15, 0.2) is 0 Å². The van der Waals surface area contributed by atoms with E-state index in [1.54, 1.807) is 24.3 Å². The summed E-state index contributed by atoms with van der Waals surface area (Å²) in [5.74, 6) is -0.745. The molecule has 114 valence electrons. The summed E-state index contributed by atoms with van der Waals surface area (Å²) in [6.07, 6.45) is 0.393. The number of amides is 1. The van der Waals surface area contributed by atoms with Crippen LogP contribution in [0, 0.1) is 3.57 Å². The fourth-order valence-corrected chi connectivity index (χ4v) is 2.66. The zero-order chi connectivity index (χ0) is 15.9. The van der Waals surface area contributed by atoms with Crippen LogP contribution in [0.2, 0.25) is 0 Å². The third-order valence-electron chi connectivity index (χ3n) is 3.21. The van der Waals surface area contributed by atoms with Crippen molar-refractivity contribution in [2.45, 2.75) is 12.5 Å². The van der Waals surface area contributed by atoms with E-state index < -0.39 is 12.0 Å². The number of nitrogens with one attached hydrogen (secondary N) is 1. The normalized spacial score (nSPS) is 11.5. The molecule has 0 saturated carbocycles. The molecule has 0 radical (unpaired) electrons. The van der Waals surface area contributed by atoms with Gasteiger partial charge in [0.25, 0.3) is 5.91 Å². The van der Waals surface area contributed by atoms with Crippen molar-refractivity contribution in [2.75, 3.05) is 7.11 Å². The van der Waals surface area contributed by atoms with Crippen LogP contribution in [0.5, 0.6) is 0 Å². The first-order valence-electron chi connectivity index (χ1n) is 6.79. The highest BCUT2D eigenvalue weighted by atomic mass is 127. The Morgan fingerprint density at radius 2 is 1.73 bits per heavy atom. The maximum absolute atomic E-state index is 12.2. The van der Waals surface area contributed by atoms with E-state index in [2.05, 4.69) is 27.9 Å². The quantitative estimate of drug-likeness (QED) is 0.611. The van der Waals surface area contributed by atoms with Gasteiger partial charge in [0, 0.05) is 15.6 Å². The Labute approximate surface area is 143 Å². The lowest BCUT2D eigenvalue weighted by atomic mass is 10.1. The minimum atomic E-state index is -0.714. The second-order valence-electron chi connectivity index (χ2n) is 4.71. The van der Waals surface area contributed by atoms with Gasteiger partial charge in [0.2, 0.25) is 0 Å². The summed E-state index contributed by atoms with van der Waals surface area (Å²) in [5, 5.41) is 2.74. The van der Waals surface area contributed by atoms with Gasteiger partial charge in [-0.05, 0) is 46.4 Å². The number of carbonyl (C=O) groups excluding carboxylic acids is 2. The number of hydrogen-bond donors (Lipinski definition) is 1. The summed E-state index contributed by atoms with van der Waals surface area (Å²) >= 11 is 2.21. The summed E-state index contributed by atoms with van der Waals surface area (Å²) in [5.41, 5.74) is 1.51. The standard InChI is InChI=1S/C17H16INO3/c1-22-17(21)15(11-13-9-5-6-10-14(13)18)19-16(20)12-7-3-2-4-8-12/h2-10,15H,11H2,1H3,(H,19,20)/t15-/m1/s1. The molecule has 1 amide bonds. The van der Waals surface area contributed by atoms with Crippen LogP contribution in [-0.4, -0.2) is 25.0 Å². The number of esters is 1. The van der Waals surface area contributed by atoms with Crippen LogP contribution < -0.4 is 5.32 Å². The number of carbonyl (C=O) groups is 2. The van der Waals surface area contributed by atoms with Gasteiger partial charge in [-0.1, -0.05) is 36.4 Å². The molecule has 22 heavy (non-hydrogen) atoms. The summed E-state index contributed by atoms with van der Waals surface area (Å²) in [6.45, 7) is 0. The Kier molecular flexibility index (Phi) is 5.94. The molecule has 0 aromatic heterocycles. The molecule has 0 fully saturated rings. The highest BCUT2D eigenvalue weighted by Gasteiger charge is 2.23. The van der Waals surface area contributed by atoms with Crippen molar-refractivity contribution in [1.82, 2.24) is 5.32 Å². The van der Waals surface area contributed by atoms with Crippen LogP contribution in [0.1, 0.15) is 15.9 Å². The van der Waals surface area contributed by atoms with Crippen molar-refractivity contribution in [2.24, 2.45) is 0 Å². The third-order valence-corrected chi connectivity index (χ3v) is 4.26. The first kappa shape index (κ1) is 16.5. The fourth-order valence-electron chi connectivity index (χ4n) is 2.05. The van der Waals surface area contributed by atoms with Gasteiger partial charge in [0.1, 0.15) is 6.04 Å². The largest absolute Gasteiger partial charge is 0.467 e. The van der Waals surface area contributed by atoms with Crippen molar-refractivity contribution in [3.8, 4) is 0 Å². The highest BCUT2D eigenvalue weighted by molar-refractivity contribution is 14.1. The highest BCUT2D eigenvalue weighted by Crippen LogP contribution is 2.14. The Morgan fingerprint density at radius 1 is 1.09 bits per heavy atom. The zero-order valence-corrected chi connectivity index (χ0v) is 14.2. The van der Waals surface area contributed by atoms with Gasteiger partial charge in [-0.3, -0.25) is 4.79 Å². The number of halogens is 1. The van der Waals surface area contributed by atoms with Gasteiger partial charge >= 0.3 is 5.97 Å². The second kappa shape index (κ2) is 7.93. The first-order valence-corrected chi connectivity index (χ1v) is 7.87. The van der Waals surface area contributed by atoms with Crippen LogP contribution in [0.4, 0.5) is 0 Å². The zero-order valence-electron chi connectivity index (χ0n) is 12.1. The summed E-state index contributed by atoms with van der Waals surface area (Å²) in [7, 11) is 1.32. The van der Waals surface area contributed by atoms with Crippen LogP contribution >= 0.6 is 22.6 Å². The lowest BCUT2D eigenvalue weighted by molar-refractivity contribution is -0.142. The maximum atomic E-state index is 12.2. The molecule has 0 spiro atoms. The van der Waals surface area contributed by atoms with E-state index >= 15 is 0 Å². The Balaban J connectivity index is 2.15. The van der Waals surface area contributed by atoms with E-state index in [0.717, 1.165) is 9.13 Å². The predicted octanol–water partition coefficient (Wildman–Crippen LogP) is 2.81. The van der Waals surface area contributed by atoms with Crippen LogP contribution in [0.25, 0.3) is 0 Å². The van der Waals surface area contributed by atoms with E-state index in [0.29, 0.717) is 12.0 Å². The molecule has 4 nitrogen and oxygen atoms in total. The number of benzene rings is 2. The van der Waals surface area contributed by atoms with E-state index in [4.69, 9.17) is 4.74 Å². The predicted molar refractivity (Wildman–Crippen MR) is 92.6 cm³/mol. The molecule has 0 aliphatic rings. The minimum Gasteiger partial charge on any atom is -0.467 e. The molecule has 0 heterocycles. The van der Waals surface area contributed by atoms with Crippen LogP contribution in [0.15, 0.2) is 54.6 Å². The molecule has 0 aliphatic heterocycles. The summed E-state index contributed by atoms with van der Waals surface area (Å²) in [4.78, 5) is 24.2. The van der Waals surface area contributed by atoms with E-state index in [1.807, 2.05) is 30.3 Å². The molecule has 1 N–H and O–H groups in total. The van der Waals surface area contributed by atoms with Gasteiger partial charge in [-0.15, -0.1) is 0 Å². The lowest BCUT2D eigenvalue weighted by Gasteiger charge is -2.17. The van der Waals surface area contributed by atoms with Crippen molar-refractivity contribution >= 4 is 34.5 Å². The molecule has 2 aromatic carbocycles. The SMILES string of the molecule is COC(=O)[C@@H](Cc1ccccc1I)NC(=O)c1ccccc1. The Bertz CT molecular complexity index is 658. The smallest absolute Gasteiger partial charge is 0.328 e. The number of rotatable bonds is 5. The van der Waals surface area contributed by atoms with Gasteiger partial charge < -0.3 is 10.1 Å². The number of ether oxygens (including phenoxy) is 1. The maximum Gasteiger partial charge on any atom is 0.328 e. The molecule has 0 bridgehead atoms. The number of hydrogen-bond acceptors (Lipinski definition) is 3. The van der Waals surface area contributed by atoms with E-state index in [1.165, 1.54) is 7.11 Å². The van der Waals surface area contributed by atoms with Crippen molar-refractivity contribution in [1.29, 1.82) is 0 Å². The van der Waals surface area contributed by atoms with E-state index in [9.17, 15) is 9.59 Å². The average Bonchev–Trinajstić information content (AvgIpc) is 2.56. The molecule has 0 aliphatic carbocycles. The third kappa shape index (κ3) is 4.30. The van der Waals surface area contributed by atoms with Crippen molar-refractivity contribution in [3.05, 3.63) is 69.3 Å². The summed E-state index contributed by atoms with van der Waals surface area (Å²) in [6, 6.07) is 15.8. The summed E-state index contributed by atoms with van der Waals surface area (Å²) < 4.78 is 5.85. The Hall–Kier alpha value is -1.89. The molecule has 5 heteroatoms. The van der Waals surface area contributed by atoms with Gasteiger partial charge in [-0.25, -0.2) is 4.79 Å². The second-order valence-corrected chi connectivity index (χ2v) is 5.87. The fraction of sp³-hybridized carbons (Fsp3) is 0.176. The molecule has 0 saturated heterocycles. The molecular formula is C17H16INO3. The van der Waals surface area contributed by atoms with Crippen LogP contribution in [-0.2, 0) is 16.0 Å². The van der Waals surface area contributed by atoms with Crippen molar-refractivity contribution in [3.63, 3.8) is 0 Å². The lowest BCUT2D eigenvalue weighted by Crippen LogP contribution is -2.43. The van der Waals surface area contributed by atoms with Crippen molar-refractivity contribution < 1.29 is 14.3 Å². The van der Waals surface area contributed by atoms with E-state index in [-0.39, 0.29) is 5.91 Å². The Morgan fingerprint density at radius 3 is 2.36 bits per heavy atom. The minimum absolute atomic E-state index is 0.290. The van der Waals surface area contributed by atoms with Gasteiger partial charge in [-0.2, -0.15) is 0 Å². The molecule has 0 unspecified atom stereocenters. The topological polar surface area (TPSA) is 55.4 Å². The molecule has 2 rings (SSSR count). The molecule has 2 aromatic rings. The molecular weight excluding hydrogens is 393 g/mol. The molecule has 1 atom stereocenters. The number of methoxy groups -OCH3 is 1. The monoisotopic (exact) mass is 409 g/mol.